The smallest absolute Gasteiger partial charge is 0.251 e. The van der Waals surface area contributed by atoms with Crippen LogP contribution in [0.3, 0.4) is 0 Å². The minimum absolute atomic E-state index is 0.0997. The van der Waals surface area contributed by atoms with Crippen LogP contribution in [0.25, 0.3) is 22.5 Å². The van der Waals surface area contributed by atoms with Crippen molar-refractivity contribution in [2.24, 2.45) is 18.4 Å². The Morgan fingerprint density at radius 3 is 2.59 bits per heavy atom. The molecule has 1 aromatic carbocycles. The van der Waals surface area contributed by atoms with Gasteiger partial charge in [-0.05, 0) is 55.7 Å². The van der Waals surface area contributed by atoms with Crippen LogP contribution in [0.5, 0.6) is 5.75 Å². The predicted octanol–water partition coefficient (Wildman–Crippen LogP) is 6.05. The second-order valence-corrected chi connectivity index (χ2v) is 11.7. The Labute approximate surface area is 227 Å². The summed E-state index contributed by atoms with van der Waals surface area (Å²) in [6.07, 6.45) is 8.30. The van der Waals surface area contributed by atoms with Gasteiger partial charge in [-0.1, -0.05) is 39.7 Å². The first-order chi connectivity index (χ1) is 18.6. The molecule has 0 radical (unpaired) electrons. The van der Waals surface area contributed by atoms with Gasteiger partial charge in [0, 0.05) is 36.3 Å². The first-order valence-corrected chi connectivity index (χ1v) is 13.9. The van der Waals surface area contributed by atoms with Gasteiger partial charge in [-0.15, -0.1) is 10.2 Å². The van der Waals surface area contributed by atoms with E-state index in [4.69, 9.17) is 0 Å². The highest BCUT2D eigenvalue weighted by molar-refractivity contribution is 5.73. The van der Waals surface area contributed by atoms with Gasteiger partial charge >= 0.3 is 0 Å². The molecule has 208 valence electrons. The lowest BCUT2D eigenvalue weighted by molar-refractivity contribution is 0.0577. The second kappa shape index (κ2) is 10.7. The molecule has 0 bridgehead atoms. The Hall–Kier alpha value is -3.36. The van der Waals surface area contributed by atoms with Crippen LogP contribution in [0.15, 0.2) is 41.5 Å². The maximum absolute atomic E-state index is 16.3. The Morgan fingerprint density at radius 2 is 1.95 bits per heavy atom. The van der Waals surface area contributed by atoms with Crippen molar-refractivity contribution in [2.75, 3.05) is 4.90 Å². The number of nitrogens with zero attached hydrogens (tertiary/aromatic N) is 5. The lowest BCUT2D eigenvalue weighted by Crippen LogP contribution is -2.51. The highest BCUT2D eigenvalue weighted by Crippen LogP contribution is 2.45. The normalized spacial score (nSPS) is 25.6. The number of halogens is 2. The van der Waals surface area contributed by atoms with E-state index >= 15 is 4.39 Å². The number of alkyl halides is 1. The monoisotopic (exact) mass is 537 g/mol. The molecule has 4 atom stereocenters. The molecular formula is C30H37F2N5O2. The number of anilines is 1. The molecule has 2 aromatic heterocycles. The van der Waals surface area contributed by atoms with Crippen molar-refractivity contribution in [3.8, 4) is 28.3 Å². The van der Waals surface area contributed by atoms with Crippen molar-refractivity contribution < 1.29 is 13.9 Å². The molecule has 9 heteroatoms. The molecule has 1 N–H and O–H groups in total. The summed E-state index contributed by atoms with van der Waals surface area (Å²) in [6.45, 7) is 6.36. The number of phenolic OH excluding ortho intramolecular Hbond substituents is 1. The van der Waals surface area contributed by atoms with E-state index in [9.17, 15) is 14.3 Å². The van der Waals surface area contributed by atoms with Crippen molar-refractivity contribution >= 4 is 5.82 Å². The quantitative estimate of drug-likeness (QED) is 0.412. The van der Waals surface area contributed by atoms with Crippen molar-refractivity contribution in [2.45, 2.75) is 84.0 Å². The summed E-state index contributed by atoms with van der Waals surface area (Å²) in [5.41, 5.74) is 0.0626. The summed E-state index contributed by atoms with van der Waals surface area (Å²) in [7, 11) is 1.47. The summed E-state index contributed by atoms with van der Waals surface area (Å²) >= 11 is 0. The Kier molecular flexibility index (Phi) is 7.44. The highest BCUT2D eigenvalue weighted by atomic mass is 19.1. The molecule has 5 rings (SSSR count). The molecule has 2 aliphatic rings. The number of pyridine rings is 1. The fraction of sp³-hybridized carbons (Fsp3) is 0.533. The standard InChI is InChI=1S/C30H37F2N5O2/c1-5-30(3)12-6-7-18(2)13-24(28(30)32)37(20-9-10-20)26-16-33-29(35-34-26)21-11-8-19(14-25(21)38)22-15-27(39)36(4)17-23(22)31/h8,11,14-18,20,24,28,38H,5-7,9-10,12-13H2,1-4H3/t18?,24-,28-,30+/m0/s1. The summed E-state index contributed by atoms with van der Waals surface area (Å²) in [5, 5.41) is 19.5. The van der Waals surface area contributed by atoms with Crippen LogP contribution < -0.4 is 10.5 Å². The fourth-order valence-corrected chi connectivity index (χ4v) is 5.93. The molecule has 0 spiro atoms. The third-order valence-electron chi connectivity index (χ3n) is 8.74. The van der Waals surface area contributed by atoms with Crippen LogP contribution in [0.1, 0.15) is 65.7 Å². The van der Waals surface area contributed by atoms with Crippen LogP contribution in [0.2, 0.25) is 0 Å². The summed E-state index contributed by atoms with van der Waals surface area (Å²) in [4.78, 5) is 18.6. The summed E-state index contributed by atoms with van der Waals surface area (Å²) < 4.78 is 31.9. The zero-order valence-electron chi connectivity index (χ0n) is 23.1. The molecule has 0 amide bonds. The van der Waals surface area contributed by atoms with Gasteiger partial charge in [0.2, 0.25) is 0 Å². The van der Waals surface area contributed by atoms with Crippen molar-refractivity contribution in [1.29, 1.82) is 0 Å². The zero-order valence-corrected chi connectivity index (χ0v) is 23.1. The lowest BCUT2D eigenvalue weighted by atomic mass is 9.71. The number of hydrogen-bond donors (Lipinski definition) is 1. The van der Waals surface area contributed by atoms with Gasteiger partial charge in [0.1, 0.15) is 17.7 Å². The van der Waals surface area contributed by atoms with E-state index in [2.05, 4.69) is 40.9 Å². The van der Waals surface area contributed by atoms with Crippen LogP contribution in [-0.2, 0) is 7.05 Å². The van der Waals surface area contributed by atoms with Gasteiger partial charge in [0.25, 0.3) is 5.56 Å². The Morgan fingerprint density at radius 1 is 1.18 bits per heavy atom. The second-order valence-electron chi connectivity index (χ2n) is 11.7. The van der Waals surface area contributed by atoms with Gasteiger partial charge < -0.3 is 14.6 Å². The van der Waals surface area contributed by atoms with Gasteiger partial charge in [-0.3, -0.25) is 4.79 Å². The number of rotatable bonds is 6. The molecule has 2 saturated carbocycles. The molecule has 7 nitrogen and oxygen atoms in total. The van der Waals surface area contributed by atoms with Crippen LogP contribution >= 0.6 is 0 Å². The highest BCUT2D eigenvalue weighted by Gasteiger charge is 2.46. The predicted molar refractivity (Wildman–Crippen MR) is 148 cm³/mol. The van der Waals surface area contributed by atoms with E-state index in [-0.39, 0.29) is 40.2 Å². The molecule has 0 saturated heterocycles. The molecular weight excluding hydrogens is 500 g/mol. The van der Waals surface area contributed by atoms with Gasteiger partial charge in [0.05, 0.1) is 17.8 Å². The molecule has 0 aliphatic heterocycles. The first-order valence-electron chi connectivity index (χ1n) is 13.9. The average molecular weight is 538 g/mol. The van der Waals surface area contributed by atoms with Gasteiger partial charge in [0.15, 0.2) is 11.6 Å². The summed E-state index contributed by atoms with van der Waals surface area (Å²) in [5.74, 6) is 0.460. The average Bonchev–Trinajstić information content (AvgIpc) is 3.75. The summed E-state index contributed by atoms with van der Waals surface area (Å²) in [6, 6.07) is 5.70. The molecule has 2 aliphatic carbocycles. The molecule has 1 unspecified atom stereocenters. The van der Waals surface area contributed by atoms with Crippen LogP contribution in [0.4, 0.5) is 14.6 Å². The van der Waals surface area contributed by atoms with E-state index in [0.717, 1.165) is 55.7 Å². The third kappa shape index (κ3) is 5.40. The van der Waals surface area contributed by atoms with Crippen molar-refractivity contribution in [1.82, 2.24) is 19.7 Å². The van der Waals surface area contributed by atoms with Crippen molar-refractivity contribution in [3.05, 3.63) is 52.8 Å². The number of phenols is 1. The van der Waals surface area contributed by atoms with E-state index in [0.29, 0.717) is 22.9 Å². The zero-order chi connectivity index (χ0) is 27.9. The number of aromatic nitrogens is 4. The lowest BCUT2D eigenvalue weighted by Gasteiger charge is -2.45. The van der Waals surface area contributed by atoms with E-state index in [1.54, 1.807) is 18.3 Å². The number of aromatic hydroxyl groups is 1. The minimum atomic E-state index is -0.987. The van der Waals surface area contributed by atoms with Crippen LogP contribution in [-0.4, -0.2) is 43.1 Å². The number of aryl methyl sites for hydroxylation is 1. The van der Waals surface area contributed by atoms with Crippen LogP contribution in [0, 0.1) is 17.2 Å². The Balaban J connectivity index is 1.44. The fourth-order valence-electron chi connectivity index (χ4n) is 5.93. The first kappa shape index (κ1) is 27.2. The Bertz CT molecular complexity index is 1390. The topological polar surface area (TPSA) is 84.1 Å². The molecule has 39 heavy (non-hydrogen) atoms. The molecule has 3 aromatic rings. The maximum Gasteiger partial charge on any atom is 0.251 e. The third-order valence-corrected chi connectivity index (χ3v) is 8.74. The van der Waals surface area contributed by atoms with E-state index < -0.39 is 12.0 Å². The number of benzene rings is 1. The SMILES string of the molecule is CC[C@]1(C)CCCC(C)C[C@H](N(c2cnc(-c3ccc(-c4cc(=O)n(C)cc4F)cc3O)nn2)C2CC2)[C@@H]1F. The van der Waals surface area contributed by atoms with E-state index in [1.807, 2.05) is 0 Å². The van der Waals surface area contributed by atoms with Gasteiger partial charge in [-0.25, -0.2) is 13.8 Å². The molecule has 2 heterocycles. The largest absolute Gasteiger partial charge is 0.507 e. The van der Waals surface area contributed by atoms with Crippen molar-refractivity contribution in [3.63, 3.8) is 0 Å². The minimum Gasteiger partial charge on any atom is -0.507 e. The van der Waals surface area contributed by atoms with E-state index in [1.165, 1.54) is 19.2 Å². The molecule has 2 fully saturated rings. The maximum atomic E-state index is 16.3. The number of hydrogen-bond acceptors (Lipinski definition) is 6. The van der Waals surface area contributed by atoms with Gasteiger partial charge in [-0.2, -0.15) is 0 Å².